The Morgan fingerprint density at radius 2 is 2.55 bits per heavy atom. The molecule has 1 nitrogen and oxygen atoms in total. The standard InChI is InChI=1S/C10H11N/c1-3-10-6-9(7-11)5-4-8(10)2/h3,5-6,8H,1,4H2,2H3/t8-/m0/s1. The average Bonchev–Trinajstić information content (AvgIpc) is 2.05. The Balaban J connectivity index is 2.90. The Kier molecular flexibility index (Phi) is 2.28. The zero-order chi connectivity index (χ0) is 8.27. The molecule has 11 heavy (non-hydrogen) atoms. The number of allylic oxidation sites excluding steroid dienone is 5. The average molecular weight is 145 g/mol. The number of rotatable bonds is 1. The third-order valence-corrected chi connectivity index (χ3v) is 1.95. The van der Waals surface area contributed by atoms with Gasteiger partial charge in [0.1, 0.15) is 0 Å². The van der Waals surface area contributed by atoms with Gasteiger partial charge in [-0.3, -0.25) is 0 Å². The molecule has 0 spiro atoms. The lowest BCUT2D eigenvalue weighted by atomic mass is 9.90. The summed E-state index contributed by atoms with van der Waals surface area (Å²) in [6.45, 7) is 5.84. The van der Waals surface area contributed by atoms with E-state index >= 15 is 0 Å². The summed E-state index contributed by atoms with van der Waals surface area (Å²) in [5, 5.41) is 8.59. The molecule has 0 aromatic carbocycles. The minimum Gasteiger partial charge on any atom is -0.192 e. The molecule has 0 saturated carbocycles. The molecule has 0 saturated heterocycles. The topological polar surface area (TPSA) is 23.8 Å². The molecule has 56 valence electrons. The van der Waals surface area contributed by atoms with Gasteiger partial charge in [-0.1, -0.05) is 25.7 Å². The Labute approximate surface area is 67.3 Å². The van der Waals surface area contributed by atoms with E-state index in [4.69, 9.17) is 5.26 Å². The first-order valence-corrected chi connectivity index (χ1v) is 3.72. The molecule has 1 aliphatic rings. The summed E-state index contributed by atoms with van der Waals surface area (Å²) < 4.78 is 0. The second-order valence-corrected chi connectivity index (χ2v) is 2.76. The second kappa shape index (κ2) is 3.21. The fraction of sp³-hybridized carbons (Fsp3) is 0.300. The summed E-state index contributed by atoms with van der Waals surface area (Å²) in [5.74, 6) is 0.518. The Bertz CT molecular complexity index is 263. The van der Waals surface area contributed by atoms with Crippen molar-refractivity contribution in [1.82, 2.24) is 0 Å². The molecular weight excluding hydrogens is 134 g/mol. The van der Waals surface area contributed by atoms with Crippen LogP contribution in [0.15, 0.2) is 36.0 Å². The molecule has 1 atom stereocenters. The van der Waals surface area contributed by atoms with Crippen molar-refractivity contribution in [3.63, 3.8) is 0 Å². The van der Waals surface area contributed by atoms with Crippen LogP contribution in [-0.4, -0.2) is 0 Å². The van der Waals surface area contributed by atoms with E-state index in [0.717, 1.165) is 12.0 Å². The van der Waals surface area contributed by atoms with Gasteiger partial charge < -0.3 is 0 Å². The highest BCUT2D eigenvalue weighted by molar-refractivity contribution is 5.42. The predicted octanol–water partition coefficient (Wildman–Crippen LogP) is 2.59. The third kappa shape index (κ3) is 1.59. The summed E-state index contributed by atoms with van der Waals surface area (Å²) in [4.78, 5) is 0. The minimum atomic E-state index is 0.518. The van der Waals surface area contributed by atoms with E-state index in [-0.39, 0.29) is 0 Å². The lowest BCUT2D eigenvalue weighted by Gasteiger charge is -2.14. The highest BCUT2D eigenvalue weighted by Gasteiger charge is 2.09. The van der Waals surface area contributed by atoms with E-state index in [0.29, 0.717) is 5.92 Å². The molecule has 0 fully saturated rings. The normalized spacial score (nSPS) is 23.1. The van der Waals surface area contributed by atoms with Crippen molar-refractivity contribution >= 4 is 0 Å². The summed E-state index contributed by atoms with van der Waals surface area (Å²) in [5.41, 5.74) is 1.93. The number of nitriles is 1. The summed E-state index contributed by atoms with van der Waals surface area (Å²) in [6, 6.07) is 2.13. The molecule has 0 radical (unpaired) electrons. The lowest BCUT2D eigenvalue weighted by Crippen LogP contribution is -2.00. The van der Waals surface area contributed by atoms with Crippen LogP contribution in [0.4, 0.5) is 0 Å². The molecule has 0 amide bonds. The quantitative estimate of drug-likeness (QED) is 0.556. The smallest absolute Gasteiger partial charge is 0.0988 e. The maximum atomic E-state index is 8.59. The first-order chi connectivity index (χ1) is 5.27. The molecule has 0 aliphatic heterocycles. The predicted molar refractivity (Wildman–Crippen MR) is 45.8 cm³/mol. The molecule has 1 heteroatoms. The van der Waals surface area contributed by atoms with Crippen LogP contribution >= 0.6 is 0 Å². The maximum Gasteiger partial charge on any atom is 0.0988 e. The van der Waals surface area contributed by atoms with Crippen molar-refractivity contribution in [1.29, 1.82) is 5.26 Å². The molecular formula is C10H11N. The second-order valence-electron chi connectivity index (χ2n) is 2.76. The van der Waals surface area contributed by atoms with Crippen LogP contribution < -0.4 is 0 Å². The molecule has 0 unspecified atom stereocenters. The van der Waals surface area contributed by atoms with Crippen molar-refractivity contribution in [2.75, 3.05) is 0 Å². The highest BCUT2D eigenvalue weighted by atomic mass is 14.3. The van der Waals surface area contributed by atoms with Crippen LogP contribution in [-0.2, 0) is 0 Å². The van der Waals surface area contributed by atoms with Gasteiger partial charge in [-0.2, -0.15) is 5.26 Å². The van der Waals surface area contributed by atoms with Crippen molar-refractivity contribution in [2.45, 2.75) is 13.3 Å². The molecule has 0 N–H and O–H groups in total. The first kappa shape index (κ1) is 7.81. The lowest BCUT2D eigenvalue weighted by molar-refractivity contribution is 0.701. The van der Waals surface area contributed by atoms with Gasteiger partial charge >= 0.3 is 0 Å². The van der Waals surface area contributed by atoms with E-state index in [1.807, 2.05) is 18.2 Å². The first-order valence-electron chi connectivity index (χ1n) is 3.72. The van der Waals surface area contributed by atoms with E-state index in [1.165, 1.54) is 5.57 Å². The largest absolute Gasteiger partial charge is 0.192 e. The SMILES string of the molecule is C=CC1=CC(C#N)=CC[C@@H]1C. The molecule has 1 aliphatic carbocycles. The molecule has 0 aromatic rings. The molecule has 0 heterocycles. The van der Waals surface area contributed by atoms with Gasteiger partial charge in [0, 0.05) is 5.57 Å². The van der Waals surface area contributed by atoms with Gasteiger partial charge in [0.05, 0.1) is 6.07 Å². The monoisotopic (exact) mass is 145 g/mol. The fourth-order valence-corrected chi connectivity index (χ4v) is 1.16. The van der Waals surface area contributed by atoms with Gasteiger partial charge in [-0.25, -0.2) is 0 Å². The van der Waals surface area contributed by atoms with Crippen LogP contribution in [0.1, 0.15) is 13.3 Å². The van der Waals surface area contributed by atoms with Crippen LogP contribution in [0, 0.1) is 17.2 Å². The molecule has 0 bridgehead atoms. The van der Waals surface area contributed by atoms with Gasteiger partial charge in [-0.05, 0) is 24.0 Å². The molecule has 0 aromatic heterocycles. The van der Waals surface area contributed by atoms with E-state index in [2.05, 4.69) is 19.6 Å². The van der Waals surface area contributed by atoms with Crippen LogP contribution in [0.5, 0.6) is 0 Å². The van der Waals surface area contributed by atoms with Gasteiger partial charge in [0.25, 0.3) is 0 Å². The maximum absolute atomic E-state index is 8.59. The Hall–Kier alpha value is -1.29. The number of hydrogen-bond acceptors (Lipinski definition) is 1. The third-order valence-electron chi connectivity index (χ3n) is 1.95. The summed E-state index contributed by atoms with van der Waals surface area (Å²) in [6.07, 6.45) is 6.66. The zero-order valence-corrected chi connectivity index (χ0v) is 6.67. The van der Waals surface area contributed by atoms with E-state index in [1.54, 1.807) is 0 Å². The Morgan fingerprint density at radius 3 is 3.09 bits per heavy atom. The summed E-state index contributed by atoms with van der Waals surface area (Å²) >= 11 is 0. The van der Waals surface area contributed by atoms with E-state index in [9.17, 15) is 0 Å². The Morgan fingerprint density at radius 1 is 1.82 bits per heavy atom. The summed E-state index contributed by atoms with van der Waals surface area (Å²) in [7, 11) is 0. The van der Waals surface area contributed by atoms with Crippen molar-refractivity contribution in [2.24, 2.45) is 5.92 Å². The van der Waals surface area contributed by atoms with Crippen molar-refractivity contribution in [3.05, 3.63) is 36.0 Å². The highest BCUT2D eigenvalue weighted by Crippen LogP contribution is 2.23. The number of nitrogens with zero attached hydrogens (tertiary/aromatic N) is 1. The van der Waals surface area contributed by atoms with Gasteiger partial charge in [0.2, 0.25) is 0 Å². The van der Waals surface area contributed by atoms with Crippen LogP contribution in [0.3, 0.4) is 0 Å². The molecule has 1 rings (SSSR count). The minimum absolute atomic E-state index is 0.518. The zero-order valence-electron chi connectivity index (χ0n) is 6.67. The van der Waals surface area contributed by atoms with Crippen molar-refractivity contribution in [3.8, 4) is 6.07 Å². The fourth-order valence-electron chi connectivity index (χ4n) is 1.16. The van der Waals surface area contributed by atoms with Crippen LogP contribution in [0.25, 0.3) is 0 Å². The van der Waals surface area contributed by atoms with Gasteiger partial charge in [0.15, 0.2) is 0 Å². The van der Waals surface area contributed by atoms with Gasteiger partial charge in [-0.15, -0.1) is 0 Å². The van der Waals surface area contributed by atoms with Crippen LogP contribution in [0.2, 0.25) is 0 Å². The van der Waals surface area contributed by atoms with E-state index < -0.39 is 0 Å². The van der Waals surface area contributed by atoms with Crippen molar-refractivity contribution < 1.29 is 0 Å². The number of hydrogen-bond donors (Lipinski definition) is 0.